The van der Waals surface area contributed by atoms with Crippen LogP contribution in [0.15, 0.2) is 12.1 Å². The molecule has 5 heteroatoms. The van der Waals surface area contributed by atoms with Crippen LogP contribution < -0.4 is 5.32 Å². The maximum atomic E-state index is 12.1. The van der Waals surface area contributed by atoms with Gasteiger partial charge < -0.3 is 5.32 Å². The van der Waals surface area contributed by atoms with Crippen LogP contribution in [0.3, 0.4) is 0 Å². The normalized spacial score (nSPS) is 12.5. The molecule has 0 saturated heterocycles. The highest BCUT2D eigenvalue weighted by Crippen LogP contribution is 2.17. The van der Waals surface area contributed by atoms with Gasteiger partial charge in [0, 0.05) is 24.4 Å². The van der Waals surface area contributed by atoms with Crippen LogP contribution in [-0.2, 0) is 11.2 Å². The molecule has 1 heterocycles. The monoisotopic (exact) mass is 282 g/mol. The van der Waals surface area contributed by atoms with Crippen LogP contribution in [-0.4, -0.2) is 43.8 Å². The molecule has 0 aliphatic carbocycles. The van der Waals surface area contributed by atoms with Gasteiger partial charge in [0.2, 0.25) is 5.91 Å². The molecule has 0 bridgehead atoms. The van der Waals surface area contributed by atoms with Crippen LogP contribution in [0, 0.1) is 5.92 Å². The first kappa shape index (κ1) is 15.9. The van der Waals surface area contributed by atoms with E-state index >= 15 is 0 Å². The quantitative estimate of drug-likeness (QED) is 0.776. The number of carbonyl (C=O) groups is 2. The molecule has 0 radical (unpaired) electrons. The second-order valence-electron chi connectivity index (χ2n) is 4.75. The number of carbonyl (C=O) groups excluding carboxylic acids is 2. The van der Waals surface area contributed by atoms with Gasteiger partial charge in [-0.05, 0) is 25.6 Å². The maximum absolute atomic E-state index is 12.1. The Labute approximate surface area is 118 Å². The molecule has 1 N–H and O–H groups in total. The van der Waals surface area contributed by atoms with E-state index in [1.54, 1.807) is 18.4 Å². The minimum atomic E-state index is -0.114. The summed E-state index contributed by atoms with van der Waals surface area (Å²) >= 11 is 1.56. The summed E-state index contributed by atoms with van der Waals surface area (Å²) in [6.07, 6.45) is 0.960. The van der Waals surface area contributed by atoms with Crippen molar-refractivity contribution >= 4 is 23.0 Å². The number of ketones is 1. The van der Waals surface area contributed by atoms with E-state index in [1.165, 1.54) is 4.88 Å². The topological polar surface area (TPSA) is 49.4 Å². The van der Waals surface area contributed by atoms with E-state index in [0.29, 0.717) is 13.1 Å². The third-order valence-corrected chi connectivity index (χ3v) is 4.25. The number of hydrogen-bond donors (Lipinski definition) is 1. The molecule has 1 aromatic rings. The van der Waals surface area contributed by atoms with Gasteiger partial charge in [0.25, 0.3) is 0 Å². The van der Waals surface area contributed by atoms with Crippen molar-refractivity contribution in [3.8, 4) is 0 Å². The standard InChI is InChI=1S/C14H22N2O2S/c1-5-11-6-7-13(19-11)12(17)9-16(4)8-10(2)14(18)15-3/h6-7,10H,5,8-9H2,1-4H3,(H,15,18). The summed E-state index contributed by atoms with van der Waals surface area (Å²) in [6, 6.07) is 3.90. The van der Waals surface area contributed by atoms with E-state index in [0.717, 1.165) is 11.3 Å². The fourth-order valence-corrected chi connectivity index (χ4v) is 2.78. The molecule has 106 valence electrons. The molecular formula is C14H22N2O2S. The average molecular weight is 282 g/mol. The summed E-state index contributed by atoms with van der Waals surface area (Å²) in [5.41, 5.74) is 0. The number of amides is 1. The zero-order chi connectivity index (χ0) is 14.4. The lowest BCUT2D eigenvalue weighted by Crippen LogP contribution is -2.36. The van der Waals surface area contributed by atoms with Crippen LogP contribution >= 0.6 is 11.3 Å². The zero-order valence-electron chi connectivity index (χ0n) is 12.0. The minimum Gasteiger partial charge on any atom is -0.359 e. The number of likely N-dealkylation sites (N-methyl/N-ethyl adjacent to an activating group) is 1. The molecule has 0 aromatic carbocycles. The lowest BCUT2D eigenvalue weighted by Gasteiger charge is -2.19. The van der Waals surface area contributed by atoms with E-state index in [9.17, 15) is 9.59 Å². The Morgan fingerprint density at radius 3 is 2.63 bits per heavy atom. The third-order valence-electron chi connectivity index (χ3n) is 2.98. The van der Waals surface area contributed by atoms with E-state index in [1.807, 2.05) is 31.0 Å². The average Bonchev–Trinajstić information content (AvgIpc) is 2.86. The molecule has 1 aromatic heterocycles. The molecule has 0 spiro atoms. The van der Waals surface area contributed by atoms with E-state index in [4.69, 9.17) is 0 Å². The molecule has 4 nitrogen and oxygen atoms in total. The SMILES string of the molecule is CCc1ccc(C(=O)CN(C)CC(C)C(=O)NC)s1. The van der Waals surface area contributed by atoms with E-state index in [-0.39, 0.29) is 17.6 Å². The largest absolute Gasteiger partial charge is 0.359 e. The molecule has 0 aliphatic rings. The first-order chi connectivity index (χ1) is 8.97. The number of nitrogens with one attached hydrogen (secondary N) is 1. The maximum Gasteiger partial charge on any atom is 0.223 e. The van der Waals surface area contributed by atoms with Crippen molar-refractivity contribution in [3.63, 3.8) is 0 Å². The molecule has 0 fully saturated rings. The molecule has 1 amide bonds. The summed E-state index contributed by atoms with van der Waals surface area (Å²) < 4.78 is 0. The Morgan fingerprint density at radius 2 is 2.11 bits per heavy atom. The number of thiophene rings is 1. The Hall–Kier alpha value is -1.20. The third kappa shape index (κ3) is 4.76. The number of nitrogens with zero attached hydrogens (tertiary/aromatic N) is 1. The summed E-state index contributed by atoms with van der Waals surface area (Å²) in [5.74, 6) is 0.0114. The zero-order valence-corrected chi connectivity index (χ0v) is 12.8. The van der Waals surface area contributed by atoms with Gasteiger partial charge in [0.05, 0.1) is 11.4 Å². The first-order valence-corrected chi connectivity index (χ1v) is 7.31. The fourth-order valence-electron chi connectivity index (χ4n) is 1.90. The summed E-state index contributed by atoms with van der Waals surface area (Å²) in [4.78, 5) is 27.4. The molecule has 0 saturated carbocycles. The molecule has 1 atom stereocenters. The van der Waals surface area contributed by atoms with Gasteiger partial charge in [-0.1, -0.05) is 13.8 Å². The summed E-state index contributed by atoms with van der Waals surface area (Å²) in [6.45, 7) is 4.87. The second-order valence-corrected chi connectivity index (χ2v) is 5.92. The Morgan fingerprint density at radius 1 is 1.42 bits per heavy atom. The van der Waals surface area contributed by atoms with Crippen LogP contribution in [0.1, 0.15) is 28.4 Å². The van der Waals surface area contributed by atoms with Crippen molar-refractivity contribution in [2.75, 3.05) is 27.2 Å². The summed E-state index contributed by atoms with van der Waals surface area (Å²) in [7, 11) is 3.49. The molecule has 19 heavy (non-hydrogen) atoms. The highest BCUT2D eigenvalue weighted by atomic mass is 32.1. The summed E-state index contributed by atoms with van der Waals surface area (Å²) in [5, 5.41) is 2.62. The van der Waals surface area contributed by atoms with Crippen LogP contribution in [0.2, 0.25) is 0 Å². The Bertz CT molecular complexity index is 442. The van der Waals surface area contributed by atoms with Crippen LogP contribution in [0.5, 0.6) is 0 Å². The van der Waals surface area contributed by atoms with Crippen LogP contribution in [0.25, 0.3) is 0 Å². The smallest absolute Gasteiger partial charge is 0.223 e. The number of rotatable bonds is 7. The first-order valence-electron chi connectivity index (χ1n) is 6.50. The molecule has 1 unspecified atom stereocenters. The van der Waals surface area contributed by atoms with Gasteiger partial charge in [0.15, 0.2) is 5.78 Å². The van der Waals surface area contributed by atoms with Crippen molar-refractivity contribution < 1.29 is 9.59 Å². The Kier molecular flexibility index (Phi) is 6.18. The van der Waals surface area contributed by atoms with Crippen molar-refractivity contribution in [1.82, 2.24) is 10.2 Å². The van der Waals surface area contributed by atoms with Gasteiger partial charge in [-0.15, -0.1) is 11.3 Å². The van der Waals surface area contributed by atoms with E-state index in [2.05, 4.69) is 12.2 Å². The lowest BCUT2D eigenvalue weighted by atomic mass is 10.1. The van der Waals surface area contributed by atoms with E-state index < -0.39 is 0 Å². The molecule has 0 aliphatic heterocycles. The van der Waals surface area contributed by atoms with Gasteiger partial charge in [-0.25, -0.2) is 0 Å². The minimum absolute atomic E-state index is 0.00342. The molecule has 1 rings (SSSR count). The number of aryl methyl sites for hydroxylation is 1. The molecular weight excluding hydrogens is 260 g/mol. The number of Topliss-reactive ketones (excluding diaryl/α,β-unsaturated/α-hetero) is 1. The van der Waals surface area contributed by atoms with Gasteiger partial charge in [-0.3, -0.25) is 14.5 Å². The number of hydrogen-bond acceptors (Lipinski definition) is 4. The van der Waals surface area contributed by atoms with Gasteiger partial charge >= 0.3 is 0 Å². The van der Waals surface area contributed by atoms with Crippen molar-refractivity contribution in [1.29, 1.82) is 0 Å². The lowest BCUT2D eigenvalue weighted by molar-refractivity contribution is -0.124. The highest BCUT2D eigenvalue weighted by molar-refractivity contribution is 7.14. The van der Waals surface area contributed by atoms with Crippen molar-refractivity contribution in [2.24, 2.45) is 5.92 Å². The van der Waals surface area contributed by atoms with Gasteiger partial charge in [-0.2, -0.15) is 0 Å². The fraction of sp³-hybridized carbons (Fsp3) is 0.571. The predicted molar refractivity (Wildman–Crippen MR) is 78.8 cm³/mol. The highest BCUT2D eigenvalue weighted by Gasteiger charge is 2.17. The van der Waals surface area contributed by atoms with Gasteiger partial charge in [0.1, 0.15) is 0 Å². The predicted octanol–water partition coefficient (Wildman–Crippen LogP) is 1.81. The second kappa shape index (κ2) is 7.40. The van der Waals surface area contributed by atoms with Crippen molar-refractivity contribution in [2.45, 2.75) is 20.3 Å². The van der Waals surface area contributed by atoms with Crippen molar-refractivity contribution in [3.05, 3.63) is 21.9 Å². The van der Waals surface area contributed by atoms with Crippen LogP contribution in [0.4, 0.5) is 0 Å². The Balaban J connectivity index is 2.50.